The van der Waals surface area contributed by atoms with Crippen molar-refractivity contribution < 1.29 is 9.72 Å². The Labute approximate surface area is 105 Å². The summed E-state index contributed by atoms with van der Waals surface area (Å²) in [5.41, 5.74) is 3.53. The molecule has 1 N–H and O–H groups in total. The number of hydrazine groups is 1. The van der Waals surface area contributed by atoms with Crippen molar-refractivity contribution in [1.82, 2.24) is 10.4 Å². The fourth-order valence-corrected chi connectivity index (χ4v) is 1.92. The Kier molecular flexibility index (Phi) is 3.88. The zero-order valence-corrected chi connectivity index (χ0v) is 9.96. The second kappa shape index (κ2) is 5.59. The quantitative estimate of drug-likeness (QED) is 0.639. The largest absolute Gasteiger partial charge is 0.274 e. The van der Waals surface area contributed by atoms with Crippen molar-refractivity contribution in [2.45, 2.75) is 19.3 Å². The molecule has 1 aromatic carbocycles. The van der Waals surface area contributed by atoms with Gasteiger partial charge in [-0.15, -0.1) is 0 Å². The normalized spacial score (nSPS) is 16.1. The Hall–Kier alpha value is -1.95. The van der Waals surface area contributed by atoms with E-state index in [9.17, 15) is 14.9 Å². The number of nitro groups is 1. The van der Waals surface area contributed by atoms with Gasteiger partial charge < -0.3 is 0 Å². The zero-order chi connectivity index (χ0) is 13.0. The number of hydrogen-bond acceptors (Lipinski definition) is 4. The molecule has 1 amide bonds. The SMILES string of the molecule is O=C(c1ccc([N+](=O)[O-])cc1)N1CCCCCN1. The summed E-state index contributed by atoms with van der Waals surface area (Å²) in [4.78, 5) is 22.2. The van der Waals surface area contributed by atoms with E-state index in [1.54, 1.807) is 5.01 Å². The van der Waals surface area contributed by atoms with Gasteiger partial charge in [0, 0.05) is 30.8 Å². The standard InChI is InChI=1S/C12H15N3O3/c16-12(14-9-3-1-2-8-13-14)10-4-6-11(7-5-10)15(17)18/h4-7,13H,1-3,8-9H2. The fourth-order valence-electron chi connectivity index (χ4n) is 1.92. The summed E-state index contributed by atoms with van der Waals surface area (Å²) in [6, 6.07) is 5.69. The molecule has 1 heterocycles. The van der Waals surface area contributed by atoms with Gasteiger partial charge in [-0.05, 0) is 25.0 Å². The lowest BCUT2D eigenvalue weighted by Gasteiger charge is -2.20. The minimum absolute atomic E-state index is 0.00428. The fraction of sp³-hybridized carbons (Fsp3) is 0.417. The maximum Gasteiger partial charge on any atom is 0.269 e. The van der Waals surface area contributed by atoms with Gasteiger partial charge >= 0.3 is 0 Å². The minimum atomic E-state index is -0.474. The van der Waals surface area contributed by atoms with E-state index in [4.69, 9.17) is 0 Å². The summed E-state index contributed by atoms with van der Waals surface area (Å²) in [6.07, 6.45) is 3.15. The average Bonchev–Trinajstić information content (AvgIpc) is 2.67. The Morgan fingerprint density at radius 3 is 2.61 bits per heavy atom. The van der Waals surface area contributed by atoms with Crippen LogP contribution in [0.4, 0.5) is 5.69 Å². The molecule has 1 saturated heterocycles. The zero-order valence-electron chi connectivity index (χ0n) is 9.96. The summed E-state index contributed by atoms with van der Waals surface area (Å²) < 4.78 is 0. The molecule has 0 aliphatic carbocycles. The predicted molar refractivity (Wildman–Crippen MR) is 66.0 cm³/mol. The second-order valence-corrected chi connectivity index (χ2v) is 4.23. The Balaban J connectivity index is 2.10. The summed E-state index contributed by atoms with van der Waals surface area (Å²) in [5.74, 6) is -0.133. The van der Waals surface area contributed by atoms with Gasteiger partial charge in [0.15, 0.2) is 0 Å². The lowest BCUT2D eigenvalue weighted by atomic mass is 10.2. The number of non-ortho nitro benzene ring substituents is 1. The van der Waals surface area contributed by atoms with Gasteiger partial charge in [0.05, 0.1) is 4.92 Å². The molecular weight excluding hydrogens is 234 g/mol. The molecule has 18 heavy (non-hydrogen) atoms. The number of carbonyl (C=O) groups excluding carboxylic acids is 1. The first kappa shape index (κ1) is 12.5. The van der Waals surface area contributed by atoms with E-state index in [0.29, 0.717) is 12.1 Å². The van der Waals surface area contributed by atoms with Gasteiger partial charge in [0.1, 0.15) is 0 Å². The van der Waals surface area contributed by atoms with Crippen molar-refractivity contribution in [3.8, 4) is 0 Å². The highest BCUT2D eigenvalue weighted by Gasteiger charge is 2.17. The van der Waals surface area contributed by atoms with Crippen molar-refractivity contribution in [1.29, 1.82) is 0 Å². The molecule has 0 bridgehead atoms. The van der Waals surface area contributed by atoms with Crippen LogP contribution >= 0.6 is 0 Å². The highest BCUT2D eigenvalue weighted by molar-refractivity contribution is 5.94. The van der Waals surface area contributed by atoms with Gasteiger partial charge in [-0.25, -0.2) is 5.43 Å². The lowest BCUT2D eigenvalue weighted by molar-refractivity contribution is -0.384. The van der Waals surface area contributed by atoms with E-state index >= 15 is 0 Å². The first-order chi connectivity index (χ1) is 8.68. The Morgan fingerprint density at radius 2 is 1.94 bits per heavy atom. The number of nitro benzene ring substituents is 1. The van der Waals surface area contributed by atoms with Crippen LogP contribution in [-0.4, -0.2) is 28.9 Å². The number of nitrogens with one attached hydrogen (secondary N) is 1. The maximum absolute atomic E-state index is 12.1. The third kappa shape index (κ3) is 2.84. The molecule has 0 spiro atoms. The first-order valence-electron chi connectivity index (χ1n) is 5.98. The molecule has 0 atom stereocenters. The van der Waals surface area contributed by atoms with Crippen molar-refractivity contribution in [2.75, 3.05) is 13.1 Å². The molecule has 0 saturated carbocycles. The van der Waals surface area contributed by atoms with Crippen molar-refractivity contribution in [3.05, 3.63) is 39.9 Å². The molecule has 1 aromatic rings. The molecule has 1 aliphatic rings. The smallest absolute Gasteiger partial charge is 0.269 e. The molecule has 1 fully saturated rings. The predicted octanol–water partition coefficient (Wildman–Crippen LogP) is 1.73. The van der Waals surface area contributed by atoms with E-state index in [1.165, 1.54) is 24.3 Å². The minimum Gasteiger partial charge on any atom is -0.274 e. The molecule has 6 nitrogen and oxygen atoms in total. The summed E-state index contributed by atoms with van der Waals surface area (Å²) in [5, 5.41) is 12.1. The average molecular weight is 249 g/mol. The van der Waals surface area contributed by atoms with Gasteiger partial charge in [-0.3, -0.25) is 19.9 Å². The second-order valence-electron chi connectivity index (χ2n) is 4.23. The molecule has 6 heteroatoms. The Morgan fingerprint density at radius 1 is 1.22 bits per heavy atom. The van der Waals surface area contributed by atoms with Gasteiger partial charge in [-0.2, -0.15) is 0 Å². The molecule has 2 rings (SSSR count). The number of nitrogens with zero attached hydrogens (tertiary/aromatic N) is 2. The molecule has 1 aliphatic heterocycles. The number of carbonyl (C=O) groups is 1. The number of hydrogen-bond donors (Lipinski definition) is 1. The van der Waals surface area contributed by atoms with Crippen molar-refractivity contribution >= 4 is 11.6 Å². The monoisotopic (exact) mass is 249 g/mol. The molecule has 0 aromatic heterocycles. The van der Waals surface area contributed by atoms with Crippen LogP contribution in [-0.2, 0) is 0 Å². The van der Waals surface area contributed by atoms with E-state index in [1.807, 2.05) is 0 Å². The molecule has 0 radical (unpaired) electrons. The third-order valence-electron chi connectivity index (χ3n) is 2.93. The van der Waals surface area contributed by atoms with Crippen LogP contribution in [0.1, 0.15) is 29.6 Å². The van der Waals surface area contributed by atoms with Crippen molar-refractivity contribution in [3.63, 3.8) is 0 Å². The van der Waals surface area contributed by atoms with Crippen LogP contribution in [0, 0.1) is 10.1 Å². The number of benzene rings is 1. The van der Waals surface area contributed by atoms with Crippen LogP contribution in [0.15, 0.2) is 24.3 Å². The maximum atomic E-state index is 12.1. The highest BCUT2D eigenvalue weighted by atomic mass is 16.6. The van der Waals surface area contributed by atoms with Gasteiger partial charge in [-0.1, -0.05) is 6.42 Å². The van der Waals surface area contributed by atoms with E-state index in [-0.39, 0.29) is 11.6 Å². The van der Waals surface area contributed by atoms with E-state index in [2.05, 4.69) is 5.43 Å². The molecular formula is C12H15N3O3. The first-order valence-corrected chi connectivity index (χ1v) is 5.98. The topological polar surface area (TPSA) is 75.5 Å². The van der Waals surface area contributed by atoms with Gasteiger partial charge in [0.2, 0.25) is 0 Å². The van der Waals surface area contributed by atoms with Crippen LogP contribution in [0.2, 0.25) is 0 Å². The lowest BCUT2D eigenvalue weighted by Crippen LogP contribution is -2.42. The van der Waals surface area contributed by atoms with Crippen molar-refractivity contribution in [2.24, 2.45) is 0 Å². The molecule has 96 valence electrons. The summed E-state index contributed by atoms with van der Waals surface area (Å²) in [7, 11) is 0. The van der Waals surface area contributed by atoms with Crippen LogP contribution < -0.4 is 5.43 Å². The van der Waals surface area contributed by atoms with Crippen LogP contribution in [0.5, 0.6) is 0 Å². The molecule has 0 unspecified atom stereocenters. The van der Waals surface area contributed by atoms with E-state index in [0.717, 1.165) is 25.8 Å². The summed E-state index contributed by atoms with van der Waals surface area (Å²) >= 11 is 0. The van der Waals surface area contributed by atoms with Gasteiger partial charge in [0.25, 0.3) is 11.6 Å². The summed E-state index contributed by atoms with van der Waals surface area (Å²) in [6.45, 7) is 1.47. The Bertz CT molecular complexity index is 436. The van der Waals surface area contributed by atoms with Crippen LogP contribution in [0.25, 0.3) is 0 Å². The number of amides is 1. The van der Waals surface area contributed by atoms with E-state index < -0.39 is 4.92 Å². The van der Waals surface area contributed by atoms with Crippen LogP contribution in [0.3, 0.4) is 0 Å². The highest BCUT2D eigenvalue weighted by Crippen LogP contribution is 2.14. The number of rotatable bonds is 2. The third-order valence-corrected chi connectivity index (χ3v) is 2.93.